The van der Waals surface area contributed by atoms with Crippen LogP contribution in [0.25, 0.3) is 0 Å². The fraction of sp³-hybridized carbons (Fsp3) is 0.188. The highest BCUT2D eigenvalue weighted by molar-refractivity contribution is 5.75. The molecular weight excluding hydrogens is 240 g/mol. The molecule has 0 saturated heterocycles. The Kier molecular flexibility index (Phi) is 4.31. The third kappa shape index (κ3) is 3.42. The molecule has 2 rings (SSSR count). The smallest absolute Gasteiger partial charge is 0.317 e. The molecule has 0 bridgehead atoms. The molecule has 2 unspecified atom stereocenters. The number of hydrogen-bond acceptors (Lipinski definition) is 3. The number of hydrogen-bond donors (Lipinski definition) is 1. The fourth-order valence-corrected chi connectivity index (χ4v) is 1.77. The van der Waals surface area contributed by atoms with E-state index in [1.807, 2.05) is 24.3 Å². The lowest BCUT2D eigenvalue weighted by Gasteiger charge is -2.17. The number of aliphatic hydroxyl groups excluding tert-OH is 1. The van der Waals surface area contributed by atoms with Gasteiger partial charge in [0.05, 0.1) is 12.0 Å². The van der Waals surface area contributed by atoms with Crippen molar-refractivity contribution in [2.75, 3.05) is 0 Å². The van der Waals surface area contributed by atoms with Crippen LogP contribution in [0.1, 0.15) is 18.6 Å². The molecular formula is C16H16O3. The second-order valence-corrected chi connectivity index (χ2v) is 4.38. The van der Waals surface area contributed by atoms with Crippen LogP contribution in [0.4, 0.5) is 0 Å². The molecule has 19 heavy (non-hydrogen) atoms. The zero-order valence-electron chi connectivity index (χ0n) is 10.7. The molecule has 0 aliphatic heterocycles. The van der Waals surface area contributed by atoms with E-state index < -0.39 is 18.0 Å². The molecule has 0 heterocycles. The monoisotopic (exact) mass is 256 g/mol. The number of rotatable bonds is 4. The first-order chi connectivity index (χ1) is 9.18. The van der Waals surface area contributed by atoms with Crippen LogP contribution in [0.2, 0.25) is 0 Å². The Balaban J connectivity index is 2.03. The summed E-state index contributed by atoms with van der Waals surface area (Å²) in [4.78, 5) is 11.9. The number of benzene rings is 2. The SMILES string of the molecule is CC(C(=O)Oc1ccccc1)C(O)c1ccccc1. The molecule has 3 nitrogen and oxygen atoms in total. The quantitative estimate of drug-likeness (QED) is 0.675. The van der Waals surface area contributed by atoms with Gasteiger partial charge in [0.15, 0.2) is 0 Å². The van der Waals surface area contributed by atoms with Crippen molar-refractivity contribution in [3.05, 3.63) is 66.2 Å². The number of esters is 1. The summed E-state index contributed by atoms with van der Waals surface area (Å²) in [5, 5.41) is 10.1. The Hall–Kier alpha value is -2.13. The Morgan fingerprint density at radius 3 is 2.11 bits per heavy atom. The number of carbonyl (C=O) groups is 1. The molecule has 0 amide bonds. The molecule has 1 N–H and O–H groups in total. The second kappa shape index (κ2) is 6.16. The Labute approximate surface area is 112 Å². The topological polar surface area (TPSA) is 46.5 Å². The third-order valence-electron chi connectivity index (χ3n) is 2.95. The molecule has 2 atom stereocenters. The van der Waals surface area contributed by atoms with Crippen molar-refractivity contribution in [3.63, 3.8) is 0 Å². The van der Waals surface area contributed by atoms with E-state index in [4.69, 9.17) is 4.74 Å². The zero-order chi connectivity index (χ0) is 13.7. The van der Waals surface area contributed by atoms with Gasteiger partial charge in [-0.15, -0.1) is 0 Å². The van der Waals surface area contributed by atoms with Gasteiger partial charge in [-0.25, -0.2) is 0 Å². The Morgan fingerprint density at radius 2 is 1.53 bits per heavy atom. The highest BCUT2D eigenvalue weighted by atomic mass is 16.5. The molecule has 0 saturated carbocycles. The average molecular weight is 256 g/mol. The summed E-state index contributed by atoms with van der Waals surface area (Å²) in [6.07, 6.45) is -0.864. The molecule has 2 aromatic carbocycles. The van der Waals surface area contributed by atoms with E-state index in [1.54, 1.807) is 43.3 Å². The molecule has 98 valence electrons. The van der Waals surface area contributed by atoms with Gasteiger partial charge in [-0.05, 0) is 24.6 Å². The predicted octanol–water partition coefficient (Wildman–Crippen LogP) is 2.96. The highest BCUT2D eigenvalue weighted by Gasteiger charge is 2.25. The molecule has 0 radical (unpaired) electrons. The normalized spacial score (nSPS) is 13.6. The van der Waals surface area contributed by atoms with Crippen molar-refractivity contribution in [3.8, 4) is 5.75 Å². The van der Waals surface area contributed by atoms with E-state index in [0.29, 0.717) is 11.3 Å². The summed E-state index contributed by atoms with van der Waals surface area (Å²) < 4.78 is 5.22. The van der Waals surface area contributed by atoms with Crippen molar-refractivity contribution >= 4 is 5.97 Å². The lowest BCUT2D eigenvalue weighted by molar-refractivity contribution is -0.142. The Morgan fingerprint density at radius 1 is 1.00 bits per heavy atom. The second-order valence-electron chi connectivity index (χ2n) is 4.38. The summed E-state index contributed by atoms with van der Waals surface area (Å²) >= 11 is 0. The van der Waals surface area contributed by atoms with Crippen molar-refractivity contribution in [1.29, 1.82) is 0 Å². The van der Waals surface area contributed by atoms with Crippen molar-refractivity contribution in [1.82, 2.24) is 0 Å². The first kappa shape index (κ1) is 13.3. The highest BCUT2D eigenvalue weighted by Crippen LogP contribution is 2.23. The van der Waals surface area contributed by atoms with Gasteiger partial charge in [0.2, 0.25) is 0 Å². The predicted molar refractivity (Wildman–Crippen MR) is 72.6 cm³/mol. The average Bonchev–Trinajstić information content (AvgIpc) is 2.47. The van der Waals surface area contributed by atoms with Gasteiger partial charge in [-0.1, -0.05) is 48.5 Å². The Bertz CT molecular complexity index is 522. The van der Waals surface area contributed by atoms with E-state index in [9.17, 15) is 9.90 Å². The lowest BCUT2D eigenvalue weighted by atomic mass is 9.98. The summed E-state index contributed by atoms with van der Waals surface area (Å²) in [7, 11) is 0. The standard InChI is InChI=1S/C16H16O3/c1-12(15(17)13-8-4-2-5-9-13)16(18)19-14-10-6-3-7-11-14/h2-12,15,17H,1H3. The van der Waals surface area contributed by atoms with E-state index in [1.165, 1.54) is 0 Å². The lowest BCUT2D eigenvalue weighted by Crippen LogP contribution is -2.24. The molecule has 0 aliphatic carbocycles. The largest absolute Gasteiger partial charge is 0.426 e. The third-order valence-corrected chi connectivity index (χ3v) is 2.95. The first-order valence-electron chi connectivity index (χ1n) is 6.18. The van der Waals surface area contributed by atoms with Crippen LogP contribution >= 0.6 is 0 Å². The van der Waals surface area contributed by atoms with Crippen LogP contribution in [-0.4, -0.2) is 11.1 Å². The van der Waals surface area contributed by atoms with Gasteiger partial charge < -0.3 is 9.84 Å². The van der Waals surface area contributed by atoms with Crippen LogP contribution < -0.4 is 4.74 Å². The maximum Gasteiger partial charge on any atom is 0.317 e. The first-order valence-corrected chi connectivity index (χ1v) is 6.18. The minimum atomic E-state index is -0.864. The summed E-state index contributed by atoms with van der Waals surface area (Å²) in [6.45, 7) is 1.66. The fourth-order valence-electron chi connectivity index (χ4n) is 1.77. The van der Waals surface area contributed by atoms with E-state index in [-0.39, 0.29) is 0 Å². The summed E-state index contributed by atoms with van der Waals surface area (Å²) in [6, 6.07) is 17.9. The van der Waals surface area contributed by atoms with Crippen LogP contribution in [0.3, 0.4) is 0 Å². The zero-order valence-corrected chi connectivity index (χ0v) is 10.7. The van der Waals surface area contributed by atoms with Gasteiger partial charge in [0.25, 0.3) is 0 Å². The molecule has 2 aromatic rings. The molecule has 0 spiro atoms. The molecule has 0 aromatic heterocycles. The van der Waals surface area contributed by atoms with Crippen molar-refractivity contribution < 1.29 is 14.6 Å². The van der Waals surface area contributed by atoms with Gasteiger partial charge in [0.1, 0.15) is 5.75 Å². The maximum absolute atomic E-state index is 11.9. The van der Waals surface area contributed by atoms with Crippen LogP contribution in [0, 0.1) is 5.92 Å². The number of carbonyl (C=O) groups excluding carboxylic acids is 1. The molecule has 0 aliphatic rings. The van der Waals surface area contributed by atoms with Crippen molar-refractivity contribution in [2.24, 2.45) is 5.92 Å². The molecule has 0 fully saturated rings. The van der Waals surface area contributed by atoms with Gasteiger partial charge in [0, 0.05) is 0 Å². The van der Waals surface area contributed by atoms with Crippen LogP contribution in [-0.2, 0) is 4.79 Å². The molecule has 3 heteroatoms. The minimum Gasteiger partial charge on any atom is -0.426 e. The van der Waals surface area contributed by atoms with Crippen molar-refractivity contribution in [2.45, 2.75) is 13.0 Å². The maximum atomic E-state index is 11.9. The summed E-state index contributed by atoms with van der Waals surface area (Å²) in [5.41, 5.74) is 0.708. The number of para-hydroxylation sites is 1. The van der Waals surface area contributed by atoms with Gasteiger partial charge >= 0.3 is 5.97 Å². The van der Waals surface area contributed by atoms with Gasteiger partial charge in [-0.2, -0.15) is 0 Å². The van der Waals surface area contributed by atoms with E-state index >= 15 is 0 Å². The van der Waals surface area contributed by atoms with E-state index in [0.717, 1.165) is 0 Å². The van der Waals surface area contributed by atoms with Gasteiger partial charge in [-0.3, -0.25) is 4.79 Å². The van der Waals surface area contributed by atoms with E-state index in [2.05, 4.69) is 0 Å². The number of ether oxygens (including phenoxy) is 1. The minimum absolute atomic E-state index is 0.442. The van der Waals surface area contributed by atoms with Crippen LogP contribution in [0.15, 0.2) is 60.7 Å². The number of aliphatic hydroxyl groups is 1. The van der Waals surface area contributed by atoms with Crippen LogP contribution in [0.5, 0.6) is 5.75 Å². The summed E-state index contributed by atoms with van der Waals surface area (Å²) in [5.74, 6) is -0.579.